The van der Waals surface area contributed by atoms with E-state index < -0.39 is 5.97 Å². The van der Waals surface area contributed by atoms with Crippen LogP contribution in [0.25, 0.3) is 0 Å². The van der Waals surface area contributed by atoms with Crippen LogP contribution in [0.15, 0.2) is 16.5 Å². The van der Waals surface area contributed by atoms with E-state index in [1.807, 2.05) is 6.92 Å². The normalized spacial score (nSPS) is 12.1. The van der Waals surface area contributed by atoms with E-state index in [1.165, 1.54) is 6.07 Å². The molecular formula is C12H16O5. The van der Waals surface area contributed by atoms with Gasteiger partial charge in [-0.1, -0.05) is 6.92 Å². The maximum Gasteiger partial charge on any atom is 0.371 e. The average Bonchev–Trinajstić information content (AvgIpc) is 2.66. The summed E-state index contributed by atoms with van der Waals surface area (Å²) >= 11 is 0. The molecule has 1 aromatic heterocycles. The van der Waals surface area contributed by atoms with Crippen molar-refractivity contribution < 1.29 is 23.8 Å². The first-order valence-corrected chi connectivity index (χ1v) is 5.50. The Morgan fingerprint density at radius 2 is 2.18 bits per heavy atom. The molecule has 5 nitrogen and oxygen atoms in total. The van der Waals surface area contributed by atoms with Gasteiger partial charge in [-0.25, -0.2) is 4.79 Å². The van der Waals surface area contributed by atoms with E-state index in [2.05, 4.69) is 0 Å². The molecule has 1 aromatic rings. The summed E-state index contributed by atoms with van der Waals surface area (Å²) in [7, 11) is 0. The highest BCUT2D eigenvalue weighted by Crippen LogP contribution is 2.15. The zero-order valence-corrected chi connectivity index (χ0v) is 9.93. The van der Waals surface area contributed by atoms with Crippen LogP contribution in [0.2, 0.25) is 0 Å². The lowest BCUT2D eigenvalue weighted by atomic mass is 10.0. The Kier molecular flexibility index (Phi) is 4.75. The number of carboxylic acids is 1. The molecule has 5 heteroatoms. The molecule has 17 heavy (non-hydrogen) atoms. The Morgan fingerprint density at radius 3 is 2.71 bits per heavy atom. The third-order valence-electron chi connectivity index (χ3n) is 2.24. The molecule has 0 saturated carbocycles. The molecule has 0 aliphatic rings. The summed E-state index contributed by atoms with van der Waals surface area (Å²) in [5.74, 6) is -0.788. The van der Waals surface area contributed by atoms with Crippen LogP contribution >= 0.6 is 0 Å². The van der Waals surface area contributed by atoms with Gasteiger partial charge < -0.3 is 14.3 Å². The summed E-state index contributed by atoms with van der Waals surface area (Å²) in [5, 5.41) is 8.68. The summed E-state index contributed by atoms with van der Waals surface area (Å²) in [6, 6.07) is 3.03. The van der Waals surface area contributed by atoms with Crippen LogP contribution in [0.3, 0.4) is 0 Å². The Balaban J connectivity index is 2.47. The molecule has 1 unspecified atom stereocenters. The molecule has 0 saturated heterocycles. The molecular weight excluding hydrogens is 224 g/mol. The van der Waals surface area contributed by atoms with Gasteiger partial charge >= 0.3 is 11.9 Å². The van der Waals surface area contributed by atoms with Crippen molar-refractivity contribution in [2.24, 2.45) is 5.92 Å². The highest BCUT2D eigenvalue weighted by atomic mass is 16.5. The summed E-state index contributed by atoms with van der Waals surface area (Å²) in [6.07, 6.45) is 0.822. The van der Waals surface area contributed by atoms with Crippen LogP contribution in [0.5, 0.6) is 0 Å². The van der Waals surface area contributed by atoms with Gasteiger partial charge in [-0.15, -0.1) is 0 Å². The molecule has 1 atom stereocenters. The highest BCUT2D eigenvalue weighted by Gasteiger charge is 2.14. The van der Waals surface area contributed by atoms with Crippen molar-refractivity contribution in [2.75, 3.05) is 6.61 Å². The van der Waals surface area contributed by atoms with Crippen LogP contribution in [-0.4, -0.2) is 23.7 Å². The molecule has 0 aliphatic carbocycles. The van der Waals surface area contributed by atoms with Crippen LogP contribution in [0.1, 0.15) is 36.6 Å². The minimum Gasteiger partial charge on any atom is -0.475 e. The molecule has 0 fully saturated rings. The van der Waals surface area contributed by atoms with Gasteiger partial charge in [0.25, 0.3) is 0 Å². The van der Waals surface area contributed by atoms with E-state index in [0.717, 1.165) is 0 Å². The van der Waals surface area contributed by atoms with Crippen LogP contribution < -0.4 is 0 Å². The van der Waals surface area contributed by atoms with Gasteiger partial charge in [0.15, 0.2) is 0 Å². The van der Waals surface area contributed by atoms with Crippen molar-refractivity contribution in [3.05, 3.63) is 23.7 Å². The number of carboxylic acid groups (broad SMARTS) is 1. The Bertz CT molecular complexity index is 393. The zero-order chi connectivity index (χ0) is 12.8. The smallest absolute Gasteiger partial charge is 0.371 e. The van der Waals surface area contributed by atoms with Crippen molar-refractivity contribution in [1.29, 1.82) is 0 Å². The minimum atomic E-state index is -1.09. The summed E-state index contributed by atoms with van der Waals surface area (Å²) in [4.78, 5) is 21.8. The number of esters is 1. The monoisotopic (exact) mass is 240 g/mol. The van der Waals surface area contributed by atoms with E-state index in [1.54, 1.807) is 13.0 Å². The van der Waals surface area contributed by atoms with Crippen molar-refractivity contribution in [3.63, 3.8) is 0 Å². The van der Waals surface area contributed by atoms with E-state index in [-0.39, 0.29) is 17.6 Å². The van der Waals surface area contributed by atoms with Crippen molar-refractivity contribution in [3.8, 4) is 0 Å². The van der Waals surface area contributed by atoms with Crippen LogP contribution in [0.4, 0.5) is 0 Å². The number of rotatable bonds is 6. The van der Waals surface area contributed by atoms with Crippen molar-refractivity contribution >= 4 is 11.9 Å². The maximum absolute atomic E-state index is 11.2. The molecule has 1 heterocycles. The second kappa shape index (κ2) is 6.08. The zero-order valence-electron chi connectivity index (χ0n) is 9.93. The maximum atomic E-state index is 11.2. The van der Waals surface area contributed by atoms with E-state index in [4.69, 9.17) is 14.3 Å². The van der Waals surface area contributed by atoms with Gasteiger partial charge in [0, 0.05) is 12.8 Å². The largest absolute Gasteiger partial charge is 0.475 e. The van der Waals surface area contributed by atoms with Gasteiger partial charge in [-0.05, 0) is 25.0 Å². The topological polar surface area (TPSA) is 76.7 Å². The fraction of sp³-hybridized carbons (Fsp3) is 0.500. The quantitative estimate of drug-likeness (QED) is 0.770. The third kappa shape index (κ3) is 4.30. The Hall–Kier alpha value is -1.78. The first-order chi connectivity index (χ1) is 8.02. The first-order valence-electron chi connectivity index (χ1n) is 5.50. The van der Waals surface area contributed by atoms with Gasteiger partial charge in [0.1, 0.15) is 5.76 Å². The van der Waals surface area contributed by atoms with E-state index >= 15 is 0 Å². The predicted molar refractivity (Wildman–Crippen MR) is 59.8 cm³/mol. The van der Waals surface area contributed by atoms with Gasteiger partial charge in [-0.3, -0.25) is 4.79 Å². The predicted octanol–water partition coefficient (Wildman–Crippen LogP) is 2.11. The fourth-order valence-corrected chi connectivity index (χ4v) is 1.52. The summed E-state index contributed by atoms with van der Waals surface area (Å²) < 4.78 is 9.94. The second-order valence-corrected chi connectivity index (χ2v) is 3.89. The highest BCUT2D eigenvalue weighted by molar-refractivity contribution is 5.84. The lowest BCUT2D eigenvalue weighted by Crippen LogP contribution is -2.10. The first kappa shape index (κ1) is 13.3. The molecule has 1 N–H and O–H groups in total. The number of furan rings is 1. The number of ether oxygens (including phenoxy) is 1. The Labute approximate surface area is 99.4 Å². The number of hydrogen-bond acceptors (Lipinski definition) is 4. The van der Waals surface area contributed by atoms with Gasteiger partial charge in [-0.2, -0.15) is 0 Å². The van der Waals surface area contributed by atoms with Gasteiger partial charge in [0.2, 0.25) is 5.76 Å². The molecule has 0 aromatic carbocycles. The van der Waals surface area contributed by atoms with E-state index in [9.17, 15) is 9.59 Å². The van der Waals surface area contributed by atoms with Crippen molar-refractivity contribution in [2.45, 2.75) is 26.7 Å². The standard InChI is InChI=1S/C12H16O5/c1-3-16-11(13)7-8(2)6-9-4-5-10(17-9)12(14)15/h4-5,8H,3,6-7H2,1-2H3,(H,14,15). The summed E-state index contributed by atoms with van der Waals surface area (Å²) in [5.41, 5.74) is 0. The van der Waals surface area contributed by atoms with Crippen LogP contribution in [0, 0.1) is 5.92 Å². The fourth-order valence-electron chi connectivity index (χ4n) is 1.52. The van der Waals surface area contributed by atoms with Crippen LogP contribution in [-0.2, 0) is 16.0 Å². The number of carbonyl (C=O) groups is 2. The minimum absolute atomic E-state index is 0.0573. The summed E-state index contributed by atoms with van der Waals surface area (Å²) in [6.45, 7) is 4.02. The van der Waals surface area contributed by atoms with Crippen molar-refractivity contribution in [1.82, 2.24) is 0 Å². The molecule has 0 spiro atoms. The molecule has 0 bridgehead atoms. The molecule has 94 valence electrons. The lowest BCUT2D eigenvalue weighted by molar-refractivity contribution is -0.144. The molecule has 0 radical (unpaired) electrons. The number of aromatic carboxylic acids is 1. The Morgan fingerprint density at radius 1 is 1.47 bits per heavy atom. The third-order valence-corrected chi connectivity index (χ3v) is 2.24. The lowest BCUT2D eigenvalue weighted by Gasteiger charge is -2.08. The molecule has 0 amide bonds. The number of carbonyl (C=O) groups excluding carboxylic acids is 1. The average molecular weight is 240 g/mol. The number of hydrogen-bond donors (Lipinski definition) is 1. The molecule has 0 aliphatic heterocycles. The SMILES string of the molecule is CCOC(=O)CC(C)Cc1ccc(C(=O)O)o1. The van der Waals surface area contributed by atoms with E-state index in [0.29, 0.717) is 25.2 Å². The van der Waals surface area contributed by atoms with Gasteiger partial charge in [0.05, 0.1) is 6.61 Å². The second-order valence-electron chi connectivity index (χ2n) is 3.89. The molecule has 1 rings (SSSR count).